The fourth-order valence-corrected chi connectivity index (χ4v) is 2.45. The number of nitrogens with zero attached hydrogens (tertiary/aromatic N) is 1. The van der Waals surface area contributed by atoms with Crippen molar-refractivity contribution < 1.29 is 18.7 Å². The summed E-state index contributed by atoms with van der Waals surface area (Å²) in [6.45, 7) is 2.67. The van der Waals surface area contributed by atoms with Crippen molar-refractivity contribution in [2.24, 2.45) is 11.8 Å². The summed E-state index contributed by atoms with van der Waals surface area (Å²) in [4.78, 5) is 25.5. The SMILES string of the molecule is COC(=O)C1CN(C(=O)c2ccc(F)c(N)c2)CC1C. The predicted molar refractivity (Wildman–Crippen MR) is 71.4 cm³/mol. The van der Waals surface area contributed by atoms with Crippen LogP contribution in [0.4, 0.5) is 10.1 Å². The zero-order valence-electron chi connectivity index (χ0n) is 11.4. The van der Waals surface area contributed by atoms with Crippen molar-refractivity contribution in [1.82, 2.24) is 4.90 Å². The number of amides is 1. The summed E-state index contributed by atoms with van der Waals surface area (Å²) < 4.78 is 17.8. The van der Waals surface area contributed by atoms with Crippen molar-refractivity contribution in [3.8, 4) is 0 Å². The molecule has 6 heteroatoms. The Kier molecular flexibility index (Phi) is 3.92. The first-order chi connectivity index (χ1) is 9.43. The van der Waals surface area contributed by atoms with Gasteiger partial charge < -0.3 is 15.4 Å². The number of nitrogen functional groups attached to an aromatic ring is 1. The number of carbonyl (C=O) groups excluding carboxylic acids is 2. The highest BCUT2D eigenvalue weighted by Gasteiger charge is 2.37. The number of methoxy groups -OCH3 is 1. The fourth-order valence-electron chi connectivity index (χ4n) is 2.45. The molecule has 1 fully saturated rings. The highest BCUT2D eigenvalue weighted by Crippen LogP contribution is 2.26. The van der Waals surface area contributed by atoms with Gasteiger partial charge in [0.25, 0.3) is 5.91 Å². The molecule has 1 saturated heterocycles. The van der Waals surface area contributed by atoms with Crippen LogP contribution in [0.25, 0.3) is 0 Å². The van der Waals surface area contributed by atoms with Gasteiger partial charge in [-0.05, 0) is 24.1 Å². The number of hydrogen-bond donors (Lipinski definition) is 1. The van der Waals surface area contributed by atoms with Crippen LogP contribution in [0.1, 0.15) is 17.3 Å². The second kappa shape index (κ2) is 5.48. The van der Waals surface area contributed by atoms with Gasteiger partial charge in [-0.1, -0.05) is 6.92 Å². The molecule has 0 aromatic heterocycles. The van der Waals surface area contributed by atoms with E-state index in [2.05, 4.69) is 0 Å². The Hall–Kier alpha value is -2.11. The van der Waals surface area contributed by atoms with E-state index < -0.39 is 5.82 Å². The first-order valence-corrected chi connectivity index (χ1v) is 6.36. The lowest BCUT2D eigenvalue weighted by atomic mass is 9.99. The number of carbonyl (C=O) groups is 2. The van der Waals surface area contributed by atoms with Crippen molar-refractivity contribution in [2.45, 2.75) is 6.92 Å². The van der Waals surface area contributed by atoms with Crippen molar-refractivity contribution >= 4 is 17.6 Å². The maximum Gasteiger partial charge on any atom is 0.310 e. The van der Waals surface area contributed by atoms with Crippen molar-refractivity contribution in [1.29, 1.82) is 0 Å². The van der Waals surface area contributed by atoms with E-state index in [1.54, 1.807) is 4.90 Å². The van der Waals surface area contributed by atoms with E-state index in [0.29, 0.717) is 18.7 Å². The highest BCUT2D eigenvalue weighted by molar-refractivity contribution is 5.95. The molecule has 2 N–H and O–H groups in total. The average Bonchev–Trinajstić information content (AvgIpc) is 2.82. The lowest BCUT2D eigenvalue weighted by molar-refractivity contribution is -0.146. The molecule has 108 valence electrons. The van der Waals surface area contributed by atoms with E-state index in [4.69, 9.17) is 10.5 Å². The van der Waals surface area contributed by atoms with Crippen LogP contribution >= 0.6 is 0 Å². The minimum atomic E-state index is -0.552. The molecule has 5 nitrogen and oxygen atoms in total. The molecule has 0 saturated carbocycles. The quantitative estimate of drug-likeness (QED) is 0.654. The number of benzene rings is 1. The van der Waals surface area contributed by atoms with Crippen LogP contribution < -0.4 is 5.73 Å². The molecule has 1 aliphatic rings. The smallest absolute Gasteiger partial charge is 0.310 e. The maximum absolute atomic E-state index is 13.1. The maximum atomic E-state index is 13.1. The molecule has 1 aromatic carbocycles. The van der Waals surface area contributed by atoms with Gasteiger partial charge in [-0.15, -0.1) is 0 Å². The molecule has 2 rings (SSSR count). The third-order valence-corrected chi connectivity index (χ3v) is 3.65. The van der Waals surface area contributed by atoms with Crippen LogP contribution in [-0.4, -0.2) is 37.0 Å². The number of rotatable bonds is 2. The van der Waals surface area contributed by atoms with Crippen LogP contribution in [-0.2, 0) is 9.53 Å². The molecule has 2 unspecified atom stereocenters. The number of ether oxygens (including phenoxy) is 1. The number of anilines is 1. The third kappa shape index (κ3) is 2.59. The number of hydrogen-bond acceptors (Lipinski definition) is 4. The first-order valence-electron chi connectivity index (χ1n) is 6.36. The second-order valence-electron chi connectivity index (χ2n) is 5.05. The number of nitrogens with two attached hydrogens (primary N) is 1. The zero-order chi connectivity index (χ0) is 14.9. The van der Waals surface area contributed by atoms with Crippen LogP contribution in [0.2, 0.25) is 0 Å². The Balaban J connectivity index is 2.14. The van der Waals surface area contributed by atoms with Gasteiger partial charge in [-0.3, -0.25) is 9.59 Å². The summed E-state index contributed by atoms with van der Waals surface area (Å²) in [6.07, 6.45) is 0. The van der Waals surface area contributed by atoms with Gasteiger partial charge in [0.05, 0.1) is 18.7 Å². The summed E-state index contributed by atoms with van der Waals surface area (Å²) in [6, 6.07) is 3.87. The first kappa shape index (κ1) is 14.3. The van der Waals surface area contributed by atoms with Crippen molar-refractivity contribution in [3.05, 3.63) is 29.6 Å². The zero-order valence-corrected chi connectivity index (χ0v) is 11.4. The predicted octanol–water partition coefficient (Wildman–Crippen LogP) is 1.29. The van der Waals surface area contributed by atoms with Crippen LogP contribution in [0.5, 0.6) is 0 Å². The fraction of sp³-hybridized carbons (Fsp3) is 0.429. The largest absolute Gasteiger partial charge is 0.469 e. The van der Waals surface area contributed by atoms with Gasteiger partial charge in [0.15, 0.2) is 0 Å². The van der Waals surface area contributed by atoms with Gasteiger partial charge in [0.2, 0.25) is 0 Å². The molecule has 0 bridgehead atoms. The molecular formula is C14H17FN2O3. The number of esters is 1. The van der Waals surface area contributed by atoms with Gasteiger partial charge in [0, 0.05) is 18.7 Å². The molecule has 1 aliphatic heterocycles. The molecule has 0 radical (unpaired) electrons. The Morgan fingerprint density at radius 1 is 1.40 bits per heavy atom. The molecule has 2 atom stereocenters. The molecule has 20 heavy (non-hydrogen) atoms. The summed E-state index contributed by atoms with van der Waals surface area (Å²) in [5.74, 6) is -1.41. The lowest BCUT2D eigenvalue weighted by Gasteiger charge is -2.16. The topological polar surface area (TPSA) is 72.6 Å². The third-order valence-electron chi connectivity index (χ3n) is 3.65. The summed E-state index contributed by atoms with van der Waals surface area (Å²) >= 11 is 0. The van der Waals surface area contributed by atoms with E-state index in [1.165, 1.54) is 25.3 Å². The molecular weight excluding hydrogens is 263 g/mol. The van der Waals surface area contributed by atoms with E-state index in [1.807, 2.05) is 6.92 Å². The van der Waals surface area contributed by atoms with E-state index in [9.17, 15) is 14.0 Å². The van der Waals surface area contributed by atoms with E-state index in [0.717, 1.165) is 0 Å². The number of likely N-dealkylation sites (tertiary alicyclic amines) is 1. The van der Waals surface area contributed by atoms with Crippen LogP contribution in [0.3, 0.4) is 0 Å². The minimum absolute atomic E-state index is 0.0317. The van der Waals surface area contributed by atoms with E-state index in [-0.39, 0.29) is 29.4 Å². The van der Waals surface area contributed by atoms with Gasteiger partial charge in [-0.25, -0.2) is 4.39 Å². The van der Waals surface area contributed by atoms with Crippen molar-refractivity contribution in [2.75, 3.05) is 25.9 Å². The standard InChI is InChI=1S/C14H17FN2O3/c1-8-6-17(7-10(8)14(19)20-2)13(18)9-3-4-11(15)12(16)5-9/h3-5,8,10H,6-7,16H2,1-2H3. The molecule has 0 spiro atoms. The normalized spacial score (nSPS) is 21.9. The minimum Gasteiger partial charge on any atom is -0.469 e. The summed E-state index contributed by atoms with van der Waals surface area (Å²) in [5, 5.41) is 0. The van der Waals surface area contributed by atoms with Gasteiger partial charge >= 0.3 is 5.97 Å². The van der Waals surface area contributed by atoms with E-state index >= 15 is 0 Å². The van der Waals surface area contributed by atoms with Crippen LogP contribution in [0.15, 0.2) is 18.2 Å². The Labute approximate surface area is 116 Å². The van der Waals surface area contributed by atoms with Crippen molar-refractivity contribution in [3.63, 3.8) is 0 Å². The Bertz CT molecular complexity index is 547. The monoisotopic (exact) mass is 280 g/mol. The second-order valence-corrected chi connectivity index (χ2v) is 5.05. The molecule has 1 amide bonds. The summed E-state index contributed by atoms with van der Waals surface area (Å²) in [5.41, 5.74) is 5.72. The molecule has 0 aliphatic carbocycles. The number of halogens is 1. The lowest BCUT2D eigenvalue weighted by Crippen LogP contribution is -2.30. The Morgan fingerprint density at radius 3 is 2.70 bits per heavy atom. The van der Waals surface area contributed by atoms with Gasteiger partial charge in [-0.2, -0.15) is 0 Å². The highest BCUT2D eigenvalue weighted by atomic mass is 19.1. The molecule has 1 aromatic rings. The Morgan fingerprint density at radius 2 is 2.10 bits per heavy atom. The summed E-state index contributed by atoms with van der Waals surface area (Å²) in [7, 11) is 1.33. The molecule has 1 heterocycles. The average molecular weight is 280 g/mol. The van der Waals surface area contributed by atoms with Gasteiger partial charge in [0.1, 0.15) is 5.82 Å². The van der Waals surface area contributed by atoms with Crippen LogP contribution in [0, 0.1) is 17.7 Å².